The van der Waals surface area contributed by atoms with E-state index in [4.69, 9.17) is 11.5 Å². The summed E-state index contributed by atoms with van der Waals surface area (Å²) in [6.45, 7) is 0.660. The summed E-state index contributed by atoms with van der Waals surface area (Å²) in [4.78, 5) is 10.7. The molecule has 0 saturated heterocycles. The molecule has 0 aliphatic heterocycles. The Bertz CT molecular complexity index is 389. The van der Waals surface area contributed by atoms with Gasteiger partial charge in [0.05, 0.1) is 0 Å². The van der Waals surface area contributed by atoms with Gasteiger partial charge in [-0.05, 0) is 48.6 Å². The van der Waals surface area contributed by atoms with Crippen molar-refractivity contribution < 1.29 is 4.79 Å². The lowest BCUT2D eigenvalue weighted by Crippen LogP contribution is -2.19. The van der Waals surface area contributed by atoms with Gasteiger partial charge < -0.3 is 16.8 Å². The van der Waals surface area contributed by atoms with Crippen molar-refractivity contribution in [2.75, 3.05) is 11.9 Å². The molecule has 0 saturated carbocycles. The van der Waals surface area contributed by atoms with Crippen LogP contribution >= 0.6 is 0 Å². The molecule has 2 amide bonds. The van der Waals surface area contributed by atoms with E-state index >= 15 is 0 Å². The second kappa shape index (κ2) is 3.90. The number of rotatable bonds is 2. The summed E-state index contributed by atoms with van der Waals surface area (Å²) in [5.74, 6) is 0.426. The van der Waals surface area contributed by atoms with Crippen LogP contribution in [-0.4, -0.2) is 12.6 Å². The number of carbonyl (C=O) groups excluding carboxylic acids is 1. The first-order valence-corrected chi connectivity index (χ1v) is 5.10. The largest absolute Gasteiger partial charge is 0.351 e. The molecule has 0 aromatic heterocycles. The minimum atomic E-state index is -0.530. The Kier molecular flexibility index (Phi) is 2.60. The van der Waals surface area contributed by atoms with Crippen molar-refractivity contribution in [3.63, 3.8) is 0 Å². The highest BCUT2D eigenvalue weighted by Crippen LogP contribution is 2.33. The van der Waals surface area contributed by atoms with Gasteiger partial charge in [-0.1, -0.05) is 6.07 Å². The molecule has 0 heterocycles. The first-order valence-electron chi connectivity index (χ1n) is 5.10. The fraction of sp³-hybridized carbons (Fsp3) is 0.364. The van der Waals surface area contributed by atoms with Crippen LogP contribution in [-0.2, 0) is 6.42 Å². The predicted molar refractivity (Wildman–Crippen MR) is 59.8 cm³/mol. The summed E-state index contributed by atoms with van der Waals surface area (Å²) in [5, 5.41) is 2.58. The summed E-state index contributed by atoms with van der Waals surface area (Å²) < 4.78 is 0. The Morgan fingerprint density at radius 1 is 1.53 bits per heavy atom. The standard InChI is InChI=1S/C11H15N3O/c12-6-8-2-1-7-3-4-9(5-10(7)8)14-11(13)15/h3-5,8H,1-2,6,12H2,(H3,13,14,15). The van der Waals surface area contributed by atoms with Crippen molar-refractivity contribution in [1.29, 1.82) is 0 Å². The van der Waals surface area contributed by atoms with E-state index in [0.29, 0.717) is 12.5 Å². The number of benzene rings is 1. The molecule has 0 spiro atoms. The van der Waals surface area contributed by atoms with Crippen molar-refractivity contribution in [2.45, 2.75) is 18.8 Å². The molecule has 0 radical (unpaired) electrons. The van der Waals surface area contributed by atoms with Gasteiger partial charge in [-0.2, -0.15) is 0 Å². The minimum absolute atomic E-state index is 0.426. The lowest BCUT2D eigenvalue weighted by Gasteiger charge is -2.10. The van der Waals surface area contributed by atoms with Gasteiger partial charge in [-0.25, -0.2) is 4.79 Å². The number of fused-ring (bicyclic) bond motifs is 1. The van der Waals surface area contributed by atoms with E-state index < -0.39 is 6.03 Å². The van der Waals surface area contributed by atoms with E-state index in [-0.39, 0.29) is 0 Å². The average Bonchev–Trinajstić information content (AvgIpc) is 2.59. The van der Waals surface area contributed by atoms with Crippen molar-refractivity contribution in [2.24, 2.45) is 11.5 Å². The van der Waals surface area contributed by atoms with E-state index in [9.17, 15) is 4.79 Å². The molecular formula is C11H15N3O. The third kappa shape index (κ3) is 1.94. The smallest absolute Gasteiger partial charge is 0.316 e. The highest BCUT2D eigenvalue weighted by atomic mass is 16.2. The first kappa shape index (κ1) is 9.98. The molecule has 0 fully saturated rings. The van der Waals surface area contributed by atoms with Crippen molar-refractivity contribution in [1.82, 2.24) is 0 Å². The fourth-order valence-corrected chi connectivity index (χ4v) is 2.15. The summed E-state index contributed by atoms with van der Waals surface area (Å²) >= 11 is 0. The Labute approximate surface area is 88.6 Å². The van der Waals surface area contributed by atoms with Gasteiger partial charge >= 0.3 is 6.03 Å². The lowest BCUT2D eigenvalue weighted by atomic mass is 10.0. The van der Waals surface area contributed by atoms with Crippen molar-refractivity contribution in [3.05, 3.63) is 29.3 Å². The highest BCUT2D eigenvalue weighted by Gasteiger charge is 2.21. The van der Waals surface area contributed by atoms with Crippen LogP contribution in [0.3, 0.4) is 0 Å². The summed E-state index contributed by atoms with van der Waals surface area (Å²) in [6.07, 6.45) is 2.18. The Hall–Kier alpha value is -1.55. The monoisotopic (exact) mass is 205 g/mol. The highest BCUT2D eigenvalue weighted by molar-refractivity contribution is 5.87. The maximum atomic E-state index is 10.7. The molecule has 2 rings (SSSR count). The fourth-order valence-electron chi connectivity index (χ4n) is 2.15. The van der Waals surface area contributed by atoms with E-state index in [1.54, 1.807) is 0 Å². The van der Waals surface area contributed by atoms with Gasteiger partial charge in [0.25, 0.3) is 0 Å². The van der Waals surface area contributed by atoms with Gasteiger partial charge in [0, 0.05) is 5.69 Å². The quantitative estimate of drug-likeness (QED) is 0.677. The molecule has 15 heavy (non-hydrogen) atoms. The number of amides is 2. The van der Waals surface area contributed by atoms with Gasteiger partial charge in [0.1, 0.15) is 0 Å². The van der Waals surface area contributed by atoms with Crippen LogP contribution in [0.25, 0.3) is 0 Å². The van der Waals surface area contributed by atoms with Gasteiger partial charge in [-0.3, -0.25) is 0 Å². The zero-order valence-corrected chi connectivity index (χ0v) is 8.49. The summed E-state index contributed by atoms with van der Waals surface area (Å²) in [7, 11) is 0. The van der Waals surface area contributed by atoms with Crippen LogP contribution in [0.5, 0.6) is 0 Å². The lowest BCUT2D eigenvalue weighted by molar-refractivity contribution is 0.259. The molecule has 0 bridgehead atoms. The molecular weight excluding hydrogens is 190 g/mol. The number of nitrogens with two attached hydrogens (primary N) is 2. The molecule has 1 atom stereocenters. The van der Waals surface area contributed by atoms with E-state index in [2.05, 4.69) is 5.32 Å². The number of nitrogens with one attached hydrogen (secondary N) is 1. The van der Waals surface area contributed by atoms with Crippen LogP contribution < -0.4 is 16.8 Å². The van der Waals surface area contributed by atoms with Gasteiger partial charge in [-0.15, -0.1) is 0 Å². The van der Waals surface area contributed by atoms with E-state index in [0.717, 1.165) is 18.5 Å². The van der Waals surface area contributed by atoms with Gasteiger partial charge in [0.15, 0.2) is 0 Å². The Balaban J connectivity index is 2.28. The van der Waals surface area contributed by atoms with Crippen molar-refractivity contribution >= 4 is 11.7 Å². The molecule has 5 N–H and O–H groups in total. The molecule has 80 valence electrons. The van der Waals surface area contributed by atoms with Crippen LogP contribution in [0.1, 0.15) is 23.5 Å². The molecule has 1 aliphatic carbocycles. The number of anilines is 1. The van der Waals surface area contributed by atoms with Crippen LogP contribution in [0.15, 0.2) is 18.2 Å². The van der Waals surface area contributed by atoms with Crippen LogP contribution in [0, 0.1) is 0 Å². The zero-order valence-electron chi connectivity index (χ0n) is 8.49. The number of carbonyl (C=O) groups is 1. The average molecular weight is 205 g/mol. The Morgan fingerprint density at radius 2 is 2.33 bits per heavy atom. The maximum absolute atomic E-state index is 10.7. The predicted octanol–water partition coefficient (Wildman–Crippen LogP) is 1.17. The molecule has 1 aliphatic rings. The molecule has 1 unspecified atom stereocenters. The van der Waals surface area contributed by atoms with E-state index in [1.165, 1.54) is 11.1 Å². The second-order valence-corrected chi connectivity index (χ2v) is 3.87. The third-order valence-electron chi connectivity index (χ3n) is 2.90. The number of hydrogen-bond acceptors (Lipinski definition) is 2. The first-order chi connectivity index (χ1) is 7.20. The number of hydrogen-bond donors (Lipinski definition) is 3. The second-order valence-electron chi connectivity index (χ2n) is 3.87. The topological polar surface area (TPSA) is 81.1 Å². The molecule has 1 aromatic rings. The maximum Gasteiger partial charge on any atom is 0.316 e. The Morgan fingerprint density at radius 3 is 3.00 bits per heavy atom. The summed E-state index contributed by atoms with van der Waals surface area (Å²) in [6, 6.07) is 5.36. The van der Waals surface area contributed by atoms with Crippen molar-refractivity contribution in [3.8, 4) is 0 Å². The van der Waals surface area contributed by atoms with E-state index in [1.807, 2.05) is 18.2 Å². The number of aryl methyl sites for hydroxylation is 1. The van der Waals surface area contributed by atoms with Gasteiger partial charge in [0.2, 0.25) is 0 Å². The van der Waals surface area contributed by atoms with Crippen LogP contribution in [0.2, 0.25) is 0 Å². The molecule has 1 aromatic carbocycles. The summed E-state index contributed by atoms with van der Waals surface area (Å²) in [5.41, 5.74) is 14.1. The minimum Gasteiger partial charge on any atom is -0.351 e. The molecule has 4 nitrogen and oxygen atoms in total. The normalized spacial score (nSPS) is 18.6. The number of urea groups is 1. The molecule has 4 heteroatoms. The van der Waals surface area contributed by atoms with Crippen LogP contribution in [0.4, 0.5) is 10.5 Å². The zero-order chi connectivity index (χ0) is 10.8. The third-order valence-corrected chi connectivity index (χ3v) is 2.90. The SMILES string of the molecule is NCC1CCc2ccc(NC(N)=O)cc21. The number of primary amides is 1.